The van der Waals surface area contributed by atoms with Crippen LogP contribution in [0.3, 0.4) is 0 Å². The van der Waals surface area contributed by atoms with E-state index in [0.29, 0.717) is 13.1 Å². The smallest absolute Gasteiger partial charge is 0.319 e. The van der Waals surface area contributed by atoms with Crippen molar-refractivity contribution in [2.24, 2.45) is 5.92 Å². The van der Waals surface area contributed by atoms with Crippen molar-refractivity contribution in [1.29, 1.82) is 0 Å². The molecule has 2 aliphatic rings. The molecule has 1 aromatic rings. The summed E-state index contributed by atoms with van der Waals surface area (Å²) in [6.07, 6.45) is 3.53. The highest BCUT2D eigenvalue weighted by atomic mass is 79.9. The van der Waals surface area contributed by atoms with E-state index in [1.807, 2.05) is 9.80 Å². The van der Waals surface area contributed by atoms with Crippen molar-refractivity contribution in [3.05, 3.63) is 27.7 Å². The fraction of sp³-hybridized carbons (Fsp3) is 0.579. The third kappa shape index (κ3) is 3.68. The van der Waals surface area contributed by atoms with E-state index in [9.17, 15) is 9.59 Å². The summed E-state index contributed by atoms with van der Waals surface area (Å²) in [5, 5.41) is 0. The largest absolute Gasteiger partial charge is 0.331 e. The summed E-state index contributed by atoms with van der Waals surface area (Å²) in [6.45, 7) is 4.19. The average molecular weight is 408 g/mol. The van der Waals surface area contributed by atoms with Crippen LogP contribution in [0.1, 0.15) is 30.4 Å². The molecule has 0 spiro atoms. The Morgan fingerprint density at radius 1 is 1.16 bits per heavy atom. The number of fused-ring (bicyclic) bond motifs is 1. The van der Waals surface area contributed by atoms with Gasteiger partial charge in [0.2, 0.25) is 5.91 Å². The summed E-state index contributed by atoms with van der Waals surface area (Å²) in [5.41, 5.74) is 3.51. The Hall–Kier alpha value is -1.56. The first-order valence-corrected chi connectivity index (χ1v) is 9.74. The summed E-state index contributed by atoms with van der Waals surface area (Å²) in [5.74, 6) is 0.239. The lowest BCUT2D eigenvalue weighted by molar-refractivity contribution is -0.123. The van der Waals surface area contributed by atoms with E-state index >= 15 is 0 Å². The molecule has 0 atom stereocenters. The molecule has 6 heteroatoms. The Bertz CT molecular complexity index is 681. The Balaban J connectivity index is 1.73. The fourth-order valence-corrected chi connectivity index (χ4v) is 4.58. The minimum atomic E-state index is 0.0141. The van der Waals surface area contributed by atoms with Crippen LogP contribution in [-0.2, 0) is 11.2 Å². The van der Waals surface area contributed by atoms with E-state index in [-0.39, 0.29) is 17.9 Å². The number of rotatable bonds is 1. The molecule has 0 saturated carbocycles. The maximum absolute atomic E-state index is 13.2. The van der Waals surface area contributed by atoms with Gasteiger partial charge in [-0.15, -0.1) is 0 Å². The van der Waals surface area contributed by atoms with Crippen molar-refractivity contribution >= 4 is 33.6 Å². The number of likely N-dealkylation sites (tertiary alicyclic amines) is 1. The number of benzene rings is 1. The van der Waals surface area contributed by atoms with Crippen molar-refractivity contribution < 1.29 is 9.59 Å². The number of hydrogen-bond donors (Lipinski definition) is 0. The van der Waals surface area contributed by atoms with Gasteiger partial charge in [0.15, 0.2) is 0 Å². The normalized spacial score (nSPS) is 18.1. The zero-order valence-electron chi connectivity index (χ0n) is 15.2. The first kappa shape index (κ1) is 18.2. The molecule has 5 nitrogen and oxygen atoms in total. The van der Waals surface area contributed by atoms with Gasteiger partial charge in [0, 0.05) is 49.8 Å². The van der Waals surface area contributed by atoms with Crippen LogP contribution in [0.2, 0.25) is 0 Å². The number of aryl methyl sites for hydroxylation is 2. The van der Waals surface area contributed by atoms with E-state index in [1.54, 1.807) is 19.0 Å². The maximum Gasteiger partial charge on any atom is 0.319 e. The van der Waals surface area contributed by atoms with Crippen LogP contribution in [0.25, 0.3) is 0 Å². The Kier molecular flexibility index (Phi) is 5.37. The predicted octanol–water partition coefficient (Wildman–Crippen LogP) is 3.43. The van der Waals surface area contributed by atoms with E-state index in [4.69, 9.17) is 0 Å². The molecule has 0 aromatic heterocycles. The lowest BCUT2D eigenvalue weighted by Crippen LogP contribution is -2.48. The van der Waals surface area contributed by atoms with Crippen LogP contribution in [0.5, 0.6) is 0 Å². The molecule has 2 aliphatic heterocycles. The van der Waals surface area contributed by atoms with Gasteiger partial charge in [-0.2, -0.15) is 0 Å². The van der Waals surface area contributed by atoms with Crippen molar-refractivity contribution in [3.63, 3.8) is 0 Å². The number of halogens is 1. The number of anilines is 1. The number of piperidine rings is 1. The second kappa shape index (κ2) is 7.36. The molecule has 1 aromatic carbocycles. The van der Waals surface area contributed by atoms with E-state index < -0.39 is 0 Å². The number of nitrogens with zero attached hydrogens (tertiary/aromatic N) is 3. The van der Waals surface area contributed by atoms with Gasteiger partial charge in [-0.3, -0.25) is 4.79 Å². The van der Waals surface area contributed by atoms with Crippen LogP contribution >= 0.6 is 15.9 Å². The SMILES string of the molecule is Cc1cc(Br)cc2c1N(C(=O)C1CCN(C(=O)N(C)C)CC1)CCC2. The molecule has 25 heavy (non-hydrogen) atoms. The predicted molar refractivity (Wildman–Crippen MR) is 103 cm³/mol. The van der Waals surface area contributed by atoms with Crippen molar-refractivity contribution in [1.82, 2.24) is 9.80 Å². The lowest BCUT2D eigenvalue weighted by Gasteiger charge is -2.37. The van der Waals surface area contributed by atoms with Crippen LogP contribution in [0.4, 0.5) is 10.5 Å². The minimum absolute atomic E-state index is 0.0141. The van der Waals surface area contributed by atoms with Gasteiger partial charge in [-0.05, 0) is 55.9 Å². The van der Waals surface area contributed by atoms with Gasteiger partial charge in [0.05, 0.1) is 0 Å². The van der Waals surface area contributed by atoms with Crippen molar-refractivity contribution in [2.75, 3.05) is 38.6 Å². The van der Waals surface area contributed by atoms with Gasteiger partial charge in [-0.1, -0.05) is 15.9 Å². The molecule has 3 rings (SSSR count). The first-order valence-electron chi connectivity index (χ1n) is 8.95. The maximum atomic E-state index is 13.2. The van der Waals surface area contributed by atoms with Crippen molar-refractivity contribution in [3.8, 4) is 0 Å². The van der Waals surface area contributed by atoms with Crippen LogP contribution < -0.4 is 4.90 Å². The van der Waals surface area contributed by atoms with Gasteiger partial charge in [0.1, 0.15) is 0 Å². The third-order valence-electron chi connectivity index (χ3n) is 5.21. The third-order valence-corrected chi connectivity index (χ3v) is 5.66. The zero-order chi connectivity index (χ0) is 18.1. The lowest BCUT2D eigenvalue weighted by atomic mass is 9.92. The number of hydrogen-bond acceptors (Lipinski definition) is 2. The van der Waals surface area contributed by atoms with Gasteiger partial charge in [-0.25, -0.2) is 4.79 Å². The molecular weight excluding hydrogens is 382 g/mol. The first-order chi connectivity index (χ1) is 11.9. The fourth-order valence-electron chi connectivity index (χ4n) is 3.96. The highest BCUT2D eigenvalue weighted by Gasteiger charge is 2.33. The Labute approximate surface area is 158 Å². The minimum Gasteiger partial charge on any atom is -0.331 e. The van der Waals surface area contributed by atoms with Crippen LogP contribution in [0.15, 0.2) is 16.6 Å². The summed E-state index contributed by atoms with van der Waals surface area (Å²) in [7, 11) is 3.54. The molecule has 0 radical (unpaired) electrons. The quantitative estimate of drug-likeness (QED) is 0.715. The molecule has 2 heterocycles. The van der Waals surface area contributed by atoms with Gasteiger partial charge in [0.25, 0.3) is 0 Å². The van der Waals surface area contributed by atoms with Gasteiger partial charge < -0.3 is 14.7 Å². The number of urea groups is 1. The average Bonchev–Trinajstić information content (AvgIpc) is 2.59. The molecule has 1 fully saturated rings. The standard InChI is InChI=1S/C19H26BrN3O2/c1-13-11-16(20)12-15-5-4-8-23(17(13)15)18(24)14-6-9-22(10-7-14)19(25)21(2)3/h11-12,14H,4-10H2,1-3H3. The summed E-state index contributed by atoms with van der Waals surface area (Å²) >= 11 is 3.56. The summed E-state index contributed by atoms with van der Waals surface area (Å²) in [6, 6.07) is 4.26. The number of carbonyl (C=O) groups excluding carboxylic acids is 2. The number of amides is 3. The summed E-state index contributed by atoms with van der Waals surface area (Å²) < 4.78 is 1.08. The van der Waals surface area contributed by atoms with Crippen LogP contribution in [-0.4, -0.2) is 55.5 Å². The molecular formula is C19H26BrN3O2. The zero-order valence-corrected chi connectivity index (χ0v) is 16.8. The molecule has 136 valence electrons. The number of carbonyl (C=O) groups is 2. The molecule has 0 N–H and O–H groups in total. The Morgan fingerprint density at radius 2 is 1.84 bits per heavy atom. The monoisotopic (exact) mass is 407 g/mol. The summed E-state index contributed by atoms with van der Waals surface area (Å²) in [4.78, 5) is 30.7. The molecule has 3 amide bonds. The molecule has 0 bridgehead atoms. The van der Waals surface area contributed by atoms with E-state index in [0.717, 1.165) is 48.0 Å². The molecule has 0 aliphatic carbocycles. The second-order valence-corrected chi connectivity index (χ2v) is 8.18. The molecule has 1 saturated heterocycles. The Morgan fingerprint density at radius 3 is 2.48 bits per heavy atom. The van der Waals surface area contributed by atoms with E-state index in [2.05, 4.69) is 35.0 Å². The topological polar surface area (TPSA) is 43.9 Å². The van der Waals surface area contributed by atoms with Crippen LogP contribution in [0, 0.1) is 12.8 Å². The van der Waals surface area contributed by atoms with E-state index in [1.165, 1.54) is 5.56 Å². The molecule has 0 unspecified atom stereocenters. The highest BCUT2D eigenvalue weighted by molar-refractivity contribution is 9.10. The van der Waals surface area contributed by atoms with Crippen molar-refractivity contribution in [2.45, 2.75) is 32.6 Å². The highest BCUT2D eigenvalue weighted by Crippen LogP contribution is 2.35. The second-order valence-electron chi connectivity index (χ2n) is 7.26. The van der Waals surface area contributed by atoms with Gasteiger partial charge >= 0.3 is 6.03 Å².